The largest absolute Gasteiger partial charge is 0.352 e. The number of hydrogen-bond acceptors (Lipinski definition) is 3. The topological polar surface area (TPSA) is 63.2 Å². The number of carbonyl (C=O) groups is 1. The minimum absolute atomic E-state index is 0.348. The Kier molecular flexibility index (Phi) is 4.29. The molecule has 0 aromatic heterocycles. The third-order valence-corrected chi connectivity index (χ3v) is 4.67. The summed E-state index contributed by atoms with van der Waals surface area (Å²) >= 11 is 0. The van der Waals surface area contributed by atoms with Gasteiger partial charge in [0.25, 0.3) is 15.0 Å². The first-order valence-corrected chi connectivity index (χ1v) is 8.32. The second kappa shape index (κ2) is 5.65. The Morgan fingerprint density at radius 3 is 2.40 bits per heavy atom. The monoisotopic (exact) mass is 323 g/mol. The van der Waals surface area contributed by atoms with Crippen molar-refractivity contribution in [3.05, 3.63) is 29.3 Å². The summed E-state index contributed by atoms with van der Waals surface area (Å²) in [6.07, 6.45) is 3.06. The van der Waals surface area contributed by atoms with Crippen LogP contribution in [0.2, 0.25) is 0 Å². The van der Waals surface area contributed by atoms with E-state index in [1.54, 1.807) is 0 Å². The molecule has 1 N–H and O–H groups in total. The minimum Gasteiger partial charge on any atom is -0.352 e. The van der Waals surface area contributed by atoms with Crippen molar-refractivity contribution in [3.8, 4) is 0 Å². The molecule has 0 atom stereocenters. The molecule has 1 aromatic rings. The molecule has 1 fully saturated rings. The standard InChI is InChI=1S/C12H12ClF2NO3S/c13-20(18,19)11-5-10(15)9(14)4-8(11)12(17)16-6-7-2-1-3-7/h4-5,7H,1-3,6H2,(H,16,17). The van der Waals surface area contributed by atoms with E-state index in [-0.39, 0.29) is 0 Å². The van der Waals surface area contributed by atoms with Gasteiger partial charge in [-0.25, -0.2) is 17.2 Å². The van der Waals surface area contributed by atoms with Gasteiger partial charge >= 0.3 is 0 Å². The van der Waals surface area contributed by atoms with E-state index in [1.165, 1.54) is 0 Å². The zero-order valence-electron chi connectivity index (χ0n) is 10.3. The summed E-state index contributed by atoms with van der Waals surface area (Å²) in [6, 6.07) is 0.955. The summed E-state index contributed by atoms with van der Waals surface area (Å²) in [5, 5.41) is 2.51. The lowest BCUT2D eigenvalue weighted by Gasteiger charge is -2.25. The molecule has 0 saturated heterocycles. The first-order valence-electron chi connectivity index (χ1n) is 6.01. The predicted octanol–water partition coefficient (Wildman–Crippen LogP) is 2.42. The van der Waals surface area contributed by atoms with Gasteiger partial charge in [0.2, 0.25) is 0 Å². The molecule has 8 heteroatoms. The summed E-state index contributed by atoms with van der Waals surface area (Å²) in [4.78, 5) is 11.2. The second-order valence-corrected chi connectivity index (χ2v) is 7.24. The van der Waals surface area contributed by atoms with Crippen LogP contribution in [0, 0.1) is 17.6 Å². The highest BCUT2D eigenvalue weighted by atomic mass is 35.7. The maximum Gasteiger partial charge on any atom is 0.262 e. The first-order chi connectivity index (χ1) is 9.29. The van der Waals surface area contributed by atoms with Crippen molar-refractivity contribution < 1.29 is 22.0 Å². The van der Waals surface area contributed by atoms with Crippen LogP contribution in [-0.2, 0) is 9.05 Å². The van der Waals surface area contributed by atoms with Gasteiger partial charge in [0.05, 0.1) is 10.5 Å². The second-order valence-electron chi connectivity index (χ2n) is 4.71. The SMILES string of the molecule is O=C(NCC1CCC1)c1cc(F)c(F)cc1S(=O)(=O)Cl. The lowest BCUT2D eigenvalue weighted by molar-refractivity contribution is 0.0935. The molecule has 1 aromatic carbocycles. The maximum absolute atomic E-state index is 13.2. The van der Waals surface area contributed by atoms with Gasteiger partial charge in [-0.05, 0) is 30.9 Å². The summed E-state index contributed by atoms with van der Waals surface area (Å²) in [7, 11) is 0.793. The predicted molar refractivity (Wildman–Crippen MR) is 69.1 cm³/mol. The molecule has 0 unspecified atom stereocenters. The van der Waals surface area contributed by atoms with Gasteiger partial charge in [-0.3, -0.25) is 4.79 Å². The molecule has 0 radical (unpaired) electrons. The van der Waals surface area contributed by atoms with Gasteiger partial charge in [0.1, 0.15) is 0 Å². The number of nitrogens with one attached hydrogen (secondary N) is 1. The van der Waals surface area contributed by atoms with Gasteiger partial charge < -0.3 is 5.32 Å². The smallest absolute Gasteiger partial charge is 0.262 e. The van der Waals surface area contributed by atoms with E-state index in [4.69, 9.17) is 10.7 Å². The third-order valence-electron chi connectivity index (χ3n) is 3.31. The highest BCUT2D eigenvalue weighted by Gasteiger charge is 2.25. The first kappa shape index (κ1) is 15.2. The summed E-state index contributed by atoms with van der Waals surface area (Å²) < 4.78 is 48.9. The molecular weight excluding hydrogens is 312 g/mol. The van der Waals surface area contributed by atoms with Gasteiger partial charge in [0, 0.05) is 17.2 Å². The van der Waals surface area contributed by atoms with E-state index in [9.17, 15) is 22.0 Å². The zero-order chi connectivity index (χ0) is 14.9. The molecule has 1 aliphatic rings. The average Bonchev–Trinajstić information content (AvgIpc) is 2.28. The Hall–Kier alpha value is -1.21. The van der Waals surface area contributed by atoms with Crippen LogP contribution in [0.3, 0.4) is 0 Å². The highest BCUT2D eigenvalue weighted by Crippen LogP contribution is 2.26. The van der Waals surface area contributed by atoms with E-state index >= 15 is 0 Å². The molecule has 1 saturated carbocycles. The third kappa shape index (κ3) is 3.27. The average molecular weight is 324 g/mol. The van der Waals surface area contributed by atoms with Crippen LogP contribution in [-0.4, -0.2) is 20.9 Å². The molecule has 4 nitrogen and oxygen atoms in total. The van der Waals surface area contributed by atoms with Crippen molar-refractivity contribution in [3.63, 3.8) is 0 Å². The van der Waals surface area contributed by atoms with Crippen LogP contribution in [0.4, 0.5) is 8.78 Å². The fourth-order valence-corrected chi connectivity index (χ4v) is 2.98. The molecule has 0 spiro atoms. The van der Waals surface area contributed by atoms with E-state index < -0.39 is 37.1 Å². The molecule has 0 aliphatic heterocycles. The van der Waals surface area contributed by atoms with Crippen LogP contribution >= 0.6 is 10.7 Å². The molecule has 20 heavy (non-hydrogen) atoms. The Labute approximate surface area is 119 Å². The fourth-order valence-electron chi connectivity index (χ4n) is 1.94. The normalized spacial score (nSPS) is 15.8. The van der Waals surface area contributed by atoms with Gasteiger partial charge in [-0.2, -0.15) is 0 Å². The lowest BCUT2D eigenvalue weighted by Crippen LogP contribution is -2.32. The van der Waals surface area contributed by atoms with E-state index in [1.807, 2.05) is 0 Å². The van der Waals surface area contributed by atoms with Crippen molar-refractivity contribution in [1.82, 2.24) is 5.32 Å². The zero-order valence-corrected chi connectivity index (χ0v) is 11.9. The minimum atomic E-state index is -4.34. The van der Waals surface area contributed by atoms with Crippen LogP contribution in [0.25, 0.3) is 0 Å². The summed E-state index contributed by atoms with van der Waals surface area (Å²) in [6.45, 7) is 0.375. The maximum atomic E-state index is 13.2. The van der Waals surface area contributed by atoms with E-state index in [0.29, 0.717) is 24.6 Å². The fraction of sp³-hybridized carbons (Fsp3) is 0.417. The van der Waals surface area contributed by atoms with Gasteiger partial charge in [-0.1, -0.05) is 6.42 Å². The molecule has 1 aliphatic carbocycles. The quantitative estimate of drug-likeness (QED) is 0.866. The van der Waals surface area contributed by atoms with E-state index in [0.717, 1.165) is 19.3 Å². The van der Waals surface area contributed by atoms with Crippen LogP contribution in [0.1, 0.15) is 29.6 Å². The number of benzene rings is 1. The molecule has 0 bridgehead atoms. The lowest BCUT2D eigenvalue weighted by atomic mass is 9.85. The highest BCUT2D eigenvalue weighted by molar-refractivity contribution is 8.13. The van der Waals surface area contributed by atoms with Crippen LogP contribution < -0.4 is 5.32 Å². The number of carbonyl (C=O) groups excluding carboxylic acids is 1. The summed E-state index contributed by atoms with van der Waals surface area (Å²) in [5.74, 6) is -3.11. The number of hydrogen-bond donors (Lipinski definition) is 1. The van der Waals surface area contributed by atoms with Gasteiger partial charge in [0.15, 0.2) is 11.6 Å². The Morgan fingerprint density at radius 1 is 1.30 bits per heavy atom. The molecule has 110 valence electrons. The Morgan fingerprint density at radius 2 is 1.90 bits per heavy atom. The van der Waals surface area contributed by atoms with Gasteiger partial charge in [-0.15, -0.1) is 0 Å². The molecule has 1 amide bonds. The Balaban J connectivity index is 2.28. The van der Waals surface area contributed by atoms with Crippen molar-refractivity contribution in [2.45, 2.75) is 24.2 Å². The van der Waals surface area contributed by atoms with Crippen molar-refractivity contribution >= 4 is 25.6 Å². The Bertz CT molecular complexity index is 644. The van der Waals surface area contributed by atoms with E-state index in [2.05, 4.69) is 5.32 Å². The van der Waals surface area contributed by atoms with Crippen molar-refractivity contribution in [2.24, 2.45) is 5.92 Å². The van der Waals surface area contributed by atoms with Crippen molar-refractivity contribution in [2.75, 3.05) is 6.54 Å². The molecule has 2 rings (SSSR count). The van der Waals surface area contributed by atoms with Crippen LogP contribution in [0.15, 0.2) is 17.0 Å². The van der Waals surface area contributed by atoms with Crippen molar-refractivity contribution in [1.29, 1.82) is 0 Å². The number of amides is 1. The number of rotatable bonds is 4. The molecule has 0 heterocycles. The van der Waals surface area contributed by atoms with Crippen LogP contribution in [0.5, 0.6) is 0 Å². The summed E-state index contributed by atoms with van der Waals surface area (Å²) in [5.41, 5.74) is -0.488. The number of halogens is 3. The molecular formula is C12H12ClF2NO3S.